The molecule has 1 saturated carbocycles. The number of amides is 1. The van der Waals surface area contributed by atoms with Crippen molar-refractivity contribution in [2.24, 2.45) is 0 Å². The van der Waals surface area contributed by atoms with E-state index in [1.54, 1.807) is 13.8 Å². The molecule has 22 heavy (non-hydrogen) atoms. The molecule has 2 nitrogen and oxygen atoms in total. The van der Waals surface area contributed by atoms with Crippen LogP contribution in [0.4, 0.5) is 13.2 Å². The number of aryl methyl sites for hydroxylation is 3. The summed E-state index contributed by atoms with van der Waals surface area (Å²) >= 11 is 0. The zero-order valence-corrected chi connectivity index (χ0v) is 13.2. The summed E-state index contributed by atoms with van der Waals surface area (Å²) in [5.74, 6) is -0.616. The number of hydrogen-bond donors (Lipinski definition) is 1. The molecule has 0 atom stereocenters. The molecule has 1 aromatic carbocycles. The summed E-state index contributed by atoms with van der Waals surface area (Å²) in [5.41, 5.74) is 0.701. The summed E-state index contributed by atoms with van der Waals surface area (Å²) in [5, 5.41) is 2.33. The molecule has 1 aliphatic carbocycles. The first-order chi connectivity index (χ1) is 10.2. The van der Waals surface area contributed by atoms with Gasteiger partial charge in [-0.25, -0.2) is 0 Å². The lowest BCUT2D eigenvalue weighted by Crippen LogP contribution is -2.59. The van der Waals surface area contributed by atoms with Gasteiger partial charge in [-0.15, -0.1) is 0 Å². The van der Waals surface area contributed by atoms with Crippen LogP contribution in [0.15, 0.2) is 12.1 Å². The van der Waals surface area contributed by atoms with Crippen molar-refractivity contribution in [2.75, 3.05) is 0 Å². The number of carbonyl (C=O) groups excluding carboxylic acids is 1. The van der Waals surface area contributed by atoms with E-state index < -0.39 is 17.6 Å². The van der Waals surface area contributed by atoms with E-state index >= 15 is 0 Å². The van der Waals surface area contributed by atoms with Gasteiger partial charge in [0, 0.05) is 5.56 Å². The number of carbonyl (C=O) groups is 1. The standard InChI is InChI=1S/C17H22F3NO/c1-11-9-12(2)14(13(3)10-11)15(22)21-16(17(18,19)20)7-5-4-6-8-16/h9-10H,4-8H2,1-3H3,(H,21,22). The molecule has 1 fully saturated rings. The average Bonchev–Trinajstić information content (AvgIpc) is 2.37. The second-order valence-corrected chi connectivity index (χ2v) is 6.37. The Morgan fingerprint density at radius 1 is 1.05 bits per heavy atom. The summed E-state index contributed by atoms with van der Waals surface area (Å²) < 4.78 is 40.6. The van der Waals surface area contributed by atoms with Crippen molar-refractivity contribution < 1.29 is 18.0 Å². The van der Waals surface area contributed by atoms with Gasteiger partial charge in [-0.3, -0.25) is 4.79 Å². The van der Waals surface area contributed by atoms with Crippen molar-refractivity contribution in [1.29, 1.82) is 0 Å². The highest BCUT2D eigenvalue weighted by Crippen LogP contribution is 2.41. The molecule has 0 saturated heterocycles. The fourth-order valence-electron chi connectivity index (χ4n) is 3.45. The van der Waals surface area contributed by atoms with Crippen LogP contribution in [-0.4, -0.2) is 17.6 Å². The predicted molar refractivity (Wildman–Crippen MR) is 80.0 cm³/mol. The maximum Gasteiger partial charge on any atom is 0.411 e. The maximum atomic E-state index is 13.5. The Balaban J connectivity index is 2.34. The molecule has 1 aromatic rings. The van der Waals surface area contributed by atoms with Crippen molar-refractivity contribution >= 4 is 5.91 Å². The second-order valence-electron chi connectivity index (χ2n) is 6.37. The highest BCUT2D eigenvalue weighted by atomic mass is 19.4. The minimum absolute atomic E-state index is 0.0355. The highest BCUT2D eigenvalue weighted by molar-refractivity contribution is 5.97. The van der Waals surface area contributed by atoms with Crippen LogP contribution in [0.3, 0.4) is 0 Å². The number of benzene rings is 1. The third-order valence-electron chi connectivity index (χ3n) is 4.51. The molecule has 0 aromatic heterocycles. The van der Waals surface area contributed by atoms with Gasteiger partial charge in [0.25, 0.3) is 5.91 Å². The molecule has 0 spiro atoms. The van der Waals surface area contributed by atoms with Crippen molar-refractivity contribution in [1.82, 2.24) is 5.32 Å². The first kappa shape index (κ1) is 16.8. The second kappa shape index (κ2) is 5.94. The van der Waals surface area contributed by atoms with Crippen LogP contribution < -0.4 is 5.32 Å². The smallest absolute Gasteiger partial charge is 0.338 e. The summed E-state index contributed by atoms with van der Waals surface area (Å²) in [6, 6.07) is 3.64. The van der Waals surface area contributed by atoms with E-state index in [0.717, 1.165) is 12.0 Å². The number of hydrogen-bond acceptors (Lipinski definition) is 1. The molecule has 0 heterocycles. The highest BCUT2D eigenvalue weighted by Gasteiger charge is 2.55. The molecular weight excluding hydrogens is 291 g/mol. The summed E-state index contributed by atoms with van der Waals surface area (Å²) in [7, 11) is 0. The molecule has 0 bridgehead atoms. The molecule has 2 rings (SSSR count). The lowest BCUT2D eigenvalue weighted by atomic mass is 9.80. The van der Waals surface area contributed by atoms with Crippen molar-refractivity contribution in [2.45, 2.75) is 64.6 Å². The summed E-state index contributed by atoms with van der Waals surface area (Å²) in [6.45, 7) is 5.42. The molecular formula is C17H22F3NO. The SMILES string of the molecule is Cc1cc(C)c(C(=O)NC2(C(F)(F)F)CCCCC2)c(C)c1. The maximum absolute atomic E-state index is 13.5. The lowest BCUT2D eigenvalue weighted by molar-refractivity contribution is -0.201. The molecule has 0 radical (unpaired) electrons. The van der Waals surface area contributed by atoms with Gasteiger partial charge in [0.15, 0.2) is 0 Å². The predicted octanol–water partition coefficient (Wildman–Crippen LogP) is 4.61. The normalized spacial score (nSPS) is 18.1. The third-order valence-corrected chi connectivity index (χ3v) is 4.51. The quantitative estimate of drug-likeness (QED) is 0.849. The van der Waals surface area contributed by atoms with Gasteiger partial charge in [-0.2, -0.15) is 13.2 Å². The summed E-state index contributed by atoms with van der Waals surface area (Å²) in [4.78, 5) is 12.5. The molecule has 1 N–H and O–H groups in total. The first-order valence-corrected chi connectivity index (χ1v) is 7.63. The van der Waals surface area contributed by atoms with Gasteiger partial charge in [0.1, 0.15) is 5.54 Å². The first-order valence-electron chi connectivity index (χ1n) is 7.63. The zero-order valence-electron chi connectivity index (χ0n) is 13.2. The van der Waals surface area contributed by atoms with Gasteiger partial charge >= 0.3 is 6.18 Å². The van der Waals surface area contributed by atoms with Gasteiger partial charge in [0.05, 0.1) is 0 Å². The Labute approximate surface area is 129 Å². The van der Waals surface area contributed by atoms with Crippen molar-refractivity contribution in [3.63, 3.8) is 0 Å². The largest absolute Gasteiger partial charge is 0.411 e. The lowest BCUT2D eigenvalue weighted by Gasteiger charge is -2.39. The van der Waals surface area contributed by atoms with Crippen molar-refractivity contribution in [3.8, 4) is 0 Å². The fourth-order valence-corrected chi connectivity index (χ4v) is 3.45. The number of halogens is 3. The Bertz CT molecular complexity index is 549. The van der Waals surface area contributed by atoms with Crippen LogP contribution in [0.2, 0.25) is 0 Å². The van der Waals surface area contributed by atoms with E-state index in [0.29, 0.717) is 29.5 Å². The van der Waals surface area contributed by atoms with Crippen LogP contribution in [0.25, 0.3) is 0 Å². The van der Waals surface area contributed by atoms with E-state index in [1.165, 1.54) is 0 Å². The average molecular weight is 313 g/mol. The van der Waals surface area contributed by atoms with E-state index in [4.69, 9.17) is 0 Å². The molecule has 5 heteroatoms. The zero-order chi connectivity index (χ0) is 16.5. The molecule has 0 unspecified atom stereocenters. The molecule has 1 aliphatic rings. The van der Waals surface area contributed by atoms with Gasteiger partial charge in [-0.1, -0.05) is 37.0 Å². The Morgan fingerprint density at radius 2 is 1.55 bits per heavy atom. The Kier molecular flexibility index (Phi) is 4.54. The molecule has 0 aliphatic heterocycles. The van der Waals surface area contributed by atoms with Crippen LogP contribution in [0.5, 0.6) is 0 Å². The van der Waals surface area contributed by atoms with E-state index in [9.17, 15) is 18.0 Å². The fraction of sp³-hybridized carbons (Fsp3) is 0.588. The minimum atomic E-state index is -4.42. The number of rotatable bonds is 2. The summed E-state index contributed by atoms with van der Waals surface area (Å²) in [6.07, 6.45) is -2.72. The monoisotopic (exact) mass is 313 g/mol. The number of nitrogens with one attached hydrogen (secondary N) is 1. The Morgan fingerprint density at radius 3 is 2.00 bits per heavy atom. The number of alkyl halides is 3. The molecule has 1 amide bonds. The topological polar surface area (TPSA) is 29.1 Å². The van der Waals surface area contributed by atoms with Gasteiger partial charge < -0.3 is 5.32 Å². The van der Waals surface area contributed by atoms with Crippen molar-refractivity contribution in [3.05, 3.63) is 34.4 Å². The van der Waals surface area contributed by atoms with E-state index in [2.05, 4.69) is 5.32 Å². The van der Waals surface area contributed by atoms with Gasteiger partial charge in [0.2, 0.25) is 0 Å². The third kappa shape index (κ3) is 3.13. The van der Waals surface area contributed by atoms with E-state index in [-0.39, 0.29) is 12.8 Å². The van der Waals surface area contributed by atoms with Crippen LogP contribution in [0.1, 0.15) is 59.2 Å². The van der Waals surface area contributed by atoms with Crippen LogP contribution in [-0.2, 0) is 0 Å². The molecule has 122 valence electrons. The minimum Gasteiger partial charge on any atom is -0.338 e. The van der Waals surface area contributed by atoms with Gasteiger partial charge in [-0.05, 0) is 44.7 Å². The van der Waals surface area contributed by atoms with Crippen LogP contribution >= 0.6 is 0 Å². The van der Waals surface area contributed by atoms with E-state index in [1.807, 2.05) is 19.1 Å². The Hall–Kier alpha value is -1.52. The van der Waals surface area contributed by atoms with Crippen LogP contribution in [0, 0.1) is 20.8 Å².